The first-order valence-electron chi connectivity index (χ1n) is 9.18. The molecule has 2 aliphatic carbocycles. The average Bonchev–Trinajstić information content (AvgIpc) is 3.27. The summed E-state index contributed by atoms with van der Waals surface area (Å²) in [7, 11) is 1.81. The number of hydrogen-bond acceptors (Lipinski definition) is 2. The molecule has 4 heteroatoms. The molecule has 0 unspecified atom stereocenters. The van der Waals surface area contributed by atoms with Gasteiger partial charge in [0.15, 0.2) is 0 Å². The van der Waals surface area contributed by atoms with Crippen LogP contribution in [0.15, 0.2) is 30.3 Å². The summed E-state index contributed by atoms with van der Waals surface area (Å²) in [4.78, 5) is 27.2. The molecule has 0 spiro atoms. The first kappa shape index (κ1) is 15.7. The predicted octanol–water partition coefficient (Wildman–Crippen LogP) is 2.38. The molecule has 1 saturated heterocycles. The van der Waals surface area contributed by atoms with Crippen molar-refractivity contribution in [3.05, 3.63) is 35.9 Å². The van der Waals surface area contributed by atoms with Crippen LogP contribution in [0.5, 0.6) is 0 Å². The first-order valence-corrected chi connectivity index (χ1v) is 9.18. The molecule has 4 rings (SSSR count). The number of nitrogens with one attached hydrogen (secondary N) is 1. The van der Waals surface area contributed by atoms with E-state index in [0.29, 0.717) is 11.8 Å². The van der Waals surface area contributed by atoms with E-state index < -0.39 is 0 Å². The van der Waals surface area contributed by atoms with E-state index in [9.17, 15) is 9.59 Å². The molecule has 4 atom stereocenters. The Labute approximate surface area is 143 Å². The molecule has 2 bridgehead atoms. The molecule has 0 aromatic heterocycles. The monoisotopic (exact) mass is 326 g/mol. The van der Waals surface area contributed by atoms with Gasteiger partial charge in [-0.25, -0.2) is 0 Å². The highest BCUT2D eigenvalue weighted by atomic mass is 16.2. The number of likely N-dealkylation sites (tertiary alicyclic amines) is 1. The van der Waals surface area contributed by atoms with Crippen LogP contribution in [0.4, 0.5) is 0 Å². The van der Waals surface area contributed by atoms with Gasteiger partial charge in [-0.15, -0.1) is 0 Å². The highest BCUT2D eigenvalue weighted by Gasteiger charge is 2.55. The topological polar surface area (TPSA) is 49.4 Å². The van der Waals surface area contributed by atoms with Crippen LogP contribution in [-0.4, -0.2) is 36.3 Å². The molecule has 3 aliphatic rings. The number of carbonyl (C=O) groups is 2. The minimum absolute atomic E-state index is 0.0568. The highest BCUT2D eigenvalue weighted by Crippen LogP contribution is 2.57. The van der Waals surface area contributed by atoms with Crippen molar-refractivity contribution in [2.75, 3.05) is 13.6 Å². The summed E-state index contributed by atoms with van der Waals surface area (Å²) in [5, 5.41) is 3.12. The quantitative estimate of drug-likeness (QED) is 0.923. The molecule has 24 heavy (non-hydrogen) atoms. The normalized spacial score (nSPS) is 34.8. The van der Waals surface area contributed by atoms with E-state index in [1.807, 2.05) is 25.2 Å². The SMILES string of the molecule is CN1CC[C@@H](NC(=O)[C@]2(Cc3ccccc3)C[C@H]3CC[C@H]2C3)C1=O. The van der Waals surface area contributed by atoms with Crippen LogP contribution < -0.4 is 5.32 Å². The van der Waals surface area contributed by atoms with Crippen LogP contribution in [0.3, 0.4) is 0 Å². The van der Waals surface area contributed by atoms with Crippen LogP contribution in [-0.2, 0) is 16.0 Å². The van der Waals surface area contributed by atoms with Crippen molar-refractivity contribution < 1.29 is 9.59 Å². The molecule has 1 heterocycles. The largest absolute Gasteiger partial charge is 0.344 e. The second-order valence-corrected chi connectivity index (χ2v) is 7.97. The van der Waals surface area contributed by atoms with Gasteiger partial charge >= 0.3 is 0 Å². The summed E-state index contributed by atoms with van der Waals surface area (Å²) in [5.74, 6) is 1.33. The Morgan fingerprint density at radius 1 is 1.25 bits per heavy atom. The summed E-state index contributed by atoms with van der Waals surface area (Å²) in [6, 6.07) is 10.0. The molecule has 1 N–H and O–H groups in total. The van der Waals surface area contributed by atoms with Crippen molar-refractivity contribution in [2.45, 2.75) is 44.6 Å². The fourth-order valence-electron chi connectivity index (χ4n) is 5.24. The molecule has 4 nitrogen and oxygen atoms in total. The average molecular weight is 326 g/mol. The number of benzene rings is 1. The van der Waals surface area contributed by atoms with E-state index in [0.717, 1.165) is 32.2 Å². The van der Waals surface area contributed by atoms with Gasteiger partial charge in [-0.3, -0.25) is 9.59 Å². The van der Waals surface area contributed by atoms with Crippen LogP contribution in [0.1, 0.15) is 37.7 Å². The van der Waals surface area contributed by atoms with Gasteiger partial charge in [0, 0.05) is 13.6 Å². The summed E-state index contributed by atoms with van der Waals surface area (Å²) in [5.41, 5.74) is 0.918. The van der Waals surface area contributed by atoms with E-state index in [1.54, 1.807) is 4.90 Å². The summed E-state index contributed by atoms with van der Waals surface area (Å²) >= 11 is 0. The van der Waals surface area contributed by atoms with Crippen molar-refractivity contribution >= 4 is 11.8 Å². The fraction of sp³-hybridized carbons (Fsp3) is 0.600. The maximum atomic E-state index is 13.3. The van der Waals surface area contributed by atoms with Gasteiger partial charge in [0.25, 0.3) is 0 Å². The van der Waals surface area contributed by atoms with Gasteiger partial charge in [0.2, 0.25) is 11.8 Å². The molecule has 3 fully saturated rings. The zero-order chi connectivity index (χ0) is 16.7. The third kappa shape index (κ3) is 2.52. The lowest BCUT2D eigenvalue weighted by Crippen LogP contribution is -2.51. The maximum absolute atomic E-state index is 13.3. The third-order valence-electron chi connectivity index (χ3n) is 6.52. The fourth-order valence-corrected chi connectivity index (χ4v) is 5.24. The van der Waals surface area contributed by atoms with Gasteiger partial charge < -0.3 is 10.2 Å². The molecule has 1 aromatic rings. The Balaban J connectivity index is 1.57. The van der Waals surface area contributed by atoms with Crippen molar-refractivity contribution in [2.24, 2.45) is 17.3 Å². The Morgan fingerprint density at radius 2 is 2.04 bits per heavy atom. The summed E-state index contributed by atoms with van der Waals surface area (Å²) in [6.07, 6.45) is 6.12. The molecule has 1 aromatic carbocycles. The van der Waals surface area contributed by atoms with E-state index in [2.05, 4.69) is 17.4 Å². The minimum Gasteiger partial charge on any atom is -0.344 e. The van der Waals surface area contributed by atoms with Gasteiger partial charge in [-0.2, -0.15) is 0 Å². The molecule has 2 amide bonds. The van der Waals surface area contributed by atoms with Gasteiger partial charge in [0.1, 0.15) is 6.04 Å². The Morgan fingerprint density at radius 3 is 2.62 bits per heavy atom. The Hall–Kier alpha value is -1.84. The molecular weight excluding hydrogens is 300 g/mol. The lowest BCUT2D eigenvalue weighted by Gasteiger charge is -2.37. The second kappa shape index (κ2) is 5.91. The number of likely N-dealkylation sites (N-methyl/N-ethyl adjacent to an activating group) is 1. The number of rotatable bonds is 4. The van der Waals surface area contributed by atoms with Crippen LogP contribution >= 0.6 is 0 Å². The second-order valence-electron chi connectivity index (χ2n) is 7.97. The van der Waals surface area contributed by atoms with Gasteiger partial charge in [0.05, 0.1) is 5.41 Å². The van der Waals surface area contributed by atoms with Gasteiger partial charge in [-0.1, -0.05) is 36.8 Å². The summed E-state index contributed by atoms with van der Waals surface area (Å²) < 4.78 is 0. The van der Waals surface area contributed by atoms with E-state index in [1.165, 1.54) is 18.4 Å². The van der Waals surface area contributed by atoms with Crippen molar-refractivity contribution in [1.82, 2.24) is 10.2 Å². The highest BCUT2D eigenvalue weighted by molar-refractivity contribution is 5.91. The van der Waals surface area contributed by atoms with Crippen molar-refractivity contribution in [1.29, 1.82) is 0 Å². The standard InChI is InChI=1S/C20H26N2O2/c1-22-10-9-17(18(22)23)21-19(24)20(12-14-5-3-2-4-6-14)13-15-7-8-16(20)11-15/h2-6,15-17H,7-13H2,1H3,(H,21,24)/t15-,16-,17+,20+/m0/s1. The van der Waals surface area contributed by atoms with Crippen LogP contribution in [0.2, 0.25) is 0 Å². The smallest absolute Gasteiger partial charge is 0.244 e. The third-order valence-corrected chi connectivity index (χ3v) is 6.52. The summed E-state index contributed by atoms with van der Waals surface area (Å²) in [6.45, 7) is 0.738. The molecule has 1 aliphatic heterocycles. The maximum Gasteiger partial charge on any atom is 0.244 e. The van der Waals surface area contributed by atoms with E-state index >= 15 is 0 Å². The zero-order valence-electron chi connectivity index (χ0n) is 14.3. The zero-order valence-corrected chi connectivity index (χ0v) is 14.3. The van der Waals surface area contributed by atoms with Crippen molar-refractivity contribution in [3.8, 4) is 0 Å². The molecule has 0 radical (unpaired) electrons. The van der Waals surface area contributed by atoms with Crippen LogP contribution in [0.25, 0.3) is 0 Å². The lowest BCUT2D eigenvalue weighted by atomic mass is 9.68. The van der Waals surface area contributed by atoms with Crippen LogP contribution in [0, 0.1) is 17.3 Å². The van der Waals surface area contributed by atoms with E-state index in [-0.39, 0.29) is 23.3 Å². The molecular formula is C20H26N2O2. The number of amides is 2. The Bertz CT molecular complexity index is 644. The number of hydrogen-bond donors (Lipinski definition) is 1. The molecule has 2 saturated carbocycles. The lowest BCUT2D eigenvalue weighted by molar-refractivity contribution is -0.138. The van der Waals surface area contributed by atoms with E-state index in [4.69, 9.17) is 0 Å². The van der Waals surface area contributed by atoms with Crippen molar-refractivity contribution in [3.63, 3.8) is 0 Å². The predicted molar refractivity (Wildman–Crippen MR) is 92.2 cm³/mol. The minimum atomic E-state index is -0.325. The molecule has 128 valence electrons. The number of nitrogens with zero attached hydrogens (tertiary/aromatic N) is 1. The Kier molecular flexibility index (Phi) is 3.86. The number of carbonyl (C=O) groups excluding carboxylic acids is 2. The first-order chi connectivity index (χ1) is 11.6. The number of fused-ring (bicyclic) bond motifs is 2. The van der Waals surface area contributed by atoms with Gasteiger partial charge in [-0.05, 0) is 49.5 Å².